The molecule has 7 rings (SSSR count). The van der Waals surface area contributed by atoms with Gasteiger partial charge in [0.25, 0.3) is 5.56 Å². The van der Waals surface area contributed by atoms with Crippen LogP contribution in [-0.2, 0) is 24.6 Å². The fourth-order valence-corrected chi connectivity index (χ4v) is 6.66. The fraction of sp³-hybridized carbons (Fsp3) is 0.262. The van der Waals surface area contributed by atoms with Gasteiger partial charge in [-0.3, -0.25) is 24.5 Å². The van der Waals surface area contributed by atoms with Gasteiger partial charge < -0.3 is 23.7 Å². The van der Waals surface area contributed by atoms with Crippen LogP contribution in [-0.4, -0.2) is 64.4 Å². The van der Waals surface area contributed by atoms with Crippen LogP contribution in [0.1, 0.15) is 53.5 Å². The summed E-state index contributed by atoms with van der Waals surface area (Å²) < 4.78 is 32.6. The number of hydrogen-bond donors (Lipinski definition) is 2. The zero-order valence-corrected chi connectivity index (χ0v) is 30.8. The zero-order valence-electron chi connectivity index (χ0n) is 30.8. The number of imidazole rings is 1. The third-order valence-corrected chi connectivity index (χ3v) is 9.59. The summed E-state index contributed by atoms with van der Waals surface area (Å²) in [6.07, 6.45) is -0.727. The van der Waals surface area contributed by atoms with Crippen molar-refractivity contribution in [3.05, 3.63) is 148 Å². The van der Waals surface area contributed by atoms with E-state index in [1.54, 1.807) is 56.9 Å². The number of hydrogen-bond acceptors (Lipinski definition) is 10. The molecular formula is C42H41N5O8. The molecule has 0 bridgehead atoms. The van der Waals surface area contributed by atoms with Crippen molar-refractivity contribution in [3.8, 4) is 11.5 Å². The van der Waals surface area contributed by atoms with Gasteiger partial charge in [0.05, 0.1) is 32.7 Å². The normalized spacial score (nSPS) is 16.9. The molecule has 13 nitrogen and oxygen atoms in total. The van der Waals surface area contributed by atoms with E-state index in [0.29, 0.717) is 17.1 Å². The maximum atomic E-state index is 13.5. The van der Waals surface area contributed by atoms with Gasteiger partial charge in [0.2, 0.25) is 11.9 Å². The Morgan fingerprint density at radius 2 is 1.45 bits per heavy atom. The summed E-state index contributed by atoms with van der Waals surface area (Å²) in [6.45, 7) is 3.43. The van der Waals surface area contributed by atoms with Crippen molar-refractivity contribution in [2.45, 2.75) is 44.3 Å². The Morgan fingerprint density at radius 1 is 0.873 bits per heavy atom. The minimum atomic E-state index is -1.17. The van der Waals surface area contributed by atoms with E-state index >= 15 is 0 Å². The third kappa shape index (κ3) is 7.57. The summed E-state index contributed by atoms with van der Waals surface area (Å²) in [5.74, 6) is 0.164. The number of aromatic amines is 1. The van der Waals surface area contributed by atoms with Crippen molar-refractivity contribution in [2.24, 2.45) is 5.92 Å². The second-order valence-corrected chi connectivity index (χ2v) is 13.4. The SMILES string of the molecule is COc1ccc(C(OC[C@H]2O[C@@H](n3cnc4c(=O)[nH]c(NC(=O)C(C)C)nc43)C[C@@H]2OC(=O)c2ccccc2)(c2ccccc2)c2ccc(OC)cc2)cc1. The Balaban J connectivity index is 1.28. The minimum absolute atomic E-state index is 0.0190. The lowest BCUT2D eigenvalue weighted by Crippen LogP contribution is -2.39. The second kappa shape index (κ2) is 16.0. The average molecular weight is 744 g/mol. The molecule has 6 aromatic rings. The largest absolute Gasteiger partial charge is 0.497 e. The third-order valence-electron chi connectivity index (χ3n) is 9.59. The number of rotatable bonds is 13. The van der Waals surface area contributed by atoms with Crippen molar-refractivity contribution in [1.82, 2.24) is 19.5 Å². The van der Waals surface area contributed by atoms with Crippen molar-refractivity contribution in [1.29, 1.82) is 0 Å². The first-order valence-corrected chi connectivity index (χ1v) is 17.9. The molecule has 1 saturated heterocycles. The molecule has 3 heterocycles. The van der Waals surface area contributed by atoms with Gasteiger partial charge in [0.1, 0.15) is 35.5 Å². The number of nitrogens with zero attached hydrogens (tertiary/aromatic N) is 3. The molecule has 13 heteroatoms. The van der Waals surface area contributed by atoms with Crippen molar-refractivity contribution in [2.75, 3.05) is 26.1 Å². The van der Waals surface area contributed by atoms with Gasteiger partial charge >= 0.3 is 5.97 Å². The number of nitrogens with one attached hydrogen (secondary N) is 2. The number of methoxy groups -OCH3 is 2. The lowest BCUT2D eigenvalue weighted by molar-refractivity contribution is -0.118. The molecule has 282 valence electrons. The number of carbonyl (C=O) groups excluding carboxylic acids is 2. The van der Waals surface area contributed by atoms with Crippen LogP contribution in [0.3, 0.4) is 0 Å². The maximum absolute atomic E-state index is 13.5. The quantitative estimate of drug-likeness (QED) is 0.102. The summed E-state index contributed by atoms with van der Waals surface area (Å²) in [4.78, 5) is 50.5. The monoisotopic (exact) mass is 743 g/mol. The van der Waals surface area contributed by atoms with Crippen LogP contribution in [0.15, 0.2) is 120 Å². The second-order valence-electron chi connectivity index (χ2n) is 13.4. The van der Waals surface area contributed by atoms with Crippen LogP contribution in [0.5, 0.6) is 11.5 Å². The Morgan fingerprint density at radius 3 is 2.04 bits per heavy atom. The molecule has 0 saturated carbocycles. The first-order chi connectivity index (χ1) is 26.7. The van der Waals surface area contributed by atoms with E-state index in [1.165, 1.54) is 6.33 Å². The van der Waals surface area contributed by atoms with Gasteiger partial charge in [0.15, 0.2) is 11.2 Å². The first kappa shape index (κ1) is 37.0. The van der Waals surface area contributed by atoms with Gasteiger partial charge in [0, 0.05) is 12.3 Å². The molecular weight excluding hydrogens is 702 g/mol. The van der Waals surface area contributed by atoms with E-state index in [9.17, 15) is 14.4 Å². The Kier molecular flexibility index (Phi) is 10.7. The van der Waals surface area contributed by atoms with E-state index in [4.69, 9.17) is 23.7 Å². The molecule has 0 aliphatic carbocycles. The molecule has 0 radical (unpaired) electrons. The number of carbonyl (C=O) groups is 2. The Hall–Kier alpha value is -6.31. The van der Waals surface area contributed by atoms with E-state index in [0.717, 1.165) is 16.7 Å². The van der Waals surface area contributed by atoms with E-state index in [-0.39, 0.29) is 42.0 Å². The van der Waals surface area contributed by atoms with Crippen molar-refractivity contribution < 1.29 is 33.3 Å². The molecule has 3 atom stereocenters. The smallest absolute Gasteiger partial charge is 0.338 e. The number of anilines is 1. The molecule has 0 spiro atoms. The maximum Gasteiger partial charge on any atom is 0.338 e. The topological polar surface area (TPSA) is 156 Å². The van der Waals surface area contributed by atoms with E-state index in [1.807, 2.05) is 84.9 Å². The number of aromatic nitrogens is 4. The van der Waals surface area contributed by atoms with Crippen molar-refractivity contribution in [3.63, 3.8) is 0 Å². The lowest BCUT2D eigenvalue weighted by Gasteiger charge is -2.37. The number of H-pyrrole nitrogens is 1. The highest BCUT2D eigenvalue weighted by molar-refractivity contribution is 5.91. The highest BCUT2D eigenvalue weighted by Crippen LogP contribution is 2.43. The summed E-state index contributed by atoms with van der Waals surface area (Å²) >= 11 is 0. The number of benzene rings is 4. The van der Waals surface area contributed by atoms with E-state index in [2.05, 4.69) is 20.3 Å². The summed E-state index contributed by atoms with van der Waals surface area (Å²) in [5.41, 5.74) is 1.41. The molecule has 4 aromatic carbocycles. The predicted octanol–water partition coefficient (Wildman–Crippen LogP) is 6.25. The van der Waals surface area contributed by atoms with Crippen LogP contribution in [0.25, 0.3) is 11.2 Å². The summed E-state index contributed by atoms with van der Waals surface area (Å²) in [6, 6.07) is 33.9. The average Bonchev–Trinajstić information content (AvgIpc) is 3.83. The molecule has 2 N–H and O–H groups in total. The predicted molar refractivity (Wildman–Crippen MR) is 204 cm³/mol. The van der Waals surface area contributed by atoms with Crippen LogP contribution in [0.4, 0.5) is 5.95 Å². The van der Waals surface area contributed by atoms with Crippen LogP contribution >= 0.6 is 0 Å². The Bertz CT molecular complexity index is 2260. The van der Waals surface area contributed by atoms with Crippen LogP contribution < -0.4 is 20.3 Å². The standard InChI is InChI=1S/C42H41N5O8/c1-26(2)38(48)45-41-44-37-36(39(49)46-41)43-25-47(37)35-23-33(55-40(50)27-11-7-5-8-12-27)34(54-35)24-53-42(28-13-9-6-10-14-28,29-15-19-31(51-3)20-16-29)30-17-21-32(52-4)22-18-30/h5-22,25-26,33-35H,23-24H2,1-4H3,(H2,44,45,46,48,49)/t33-,34+,35+/m0/s1. The highest BCUT2D eigenvalue weighted by atomic mass is 16.6. The van der Waals surface area contributed by atoms with Gasteiger partial charge in [-0.2, -0.15) is 4.98 Å². The molecule has 55 heavy (non-hydrogen) atoms. The number of esters is 1. The lowest BCUT2D eigenvalue weighted by atomic mass is 9.80. The molecule has 1 aliphatic heterocycles. The molecule has 1 aliphatic rings. The number of amides is 1. The minimum Gasteiger partial charge on any atom is -0.497 e. The van der Waals surface area contributed by atoms with Gasteiger partial charge in [-0.25, -0.2) is 9.78 Å². The molecule has 2 aromatic heterocycles. The van der Waals surface area contributed by atoms with Gasteiger partial charge in [-0.05, 0) is 53.1 Å². The van der Waals surface area contributed by atoms with Crippen LogP contribution in [0, 0.1) is 5.92 Å². The molecule has 1 fully saturated rings. The Labute approximate surface area is 317 Å². The zero-order chi connectivity index (χ0) is 38.5. The highest BCUT2D eigenvalue weighted by Gasteiger charge is 2.44. The first-order valence-electron chi connectivity index (χ1n) is 17.9. The fourth-order valence-electron chi connectivity index (χ4n) is 6.66. The molecule has 0 unspecified atom stereocenters. The van der Waals surface area contributed by atoms with E-state index < -0.39 is 35.6 Å². The van der Waals surface area contributed by atoms with Gasteiger partial charge in [-0.1, -0.05) is 86.6 Å². The van der Waals surface area contributed by atoms with Crippen LogP contribution in [0.2, 0.25) is 0 Å². The molecule has 1 amide bonds. The number of fused-ring (bicyclic) bond motifs is 1. The number of ether oxygens (including phenoxy) is 5. The summed E-state index contributed by atoms with van der Waals surface area (Å²) in [7, 11) is 3.23. The summed E-state index contributed by atoms with van der Waals surface area (Å²) in [5, 5.41) is 2.65. The van der Waals surface area contributed by atoms with Gasteiger partial charge in [-0.15, -0.1) is 0 Å². The van der Waals surface area contributed by atoms with Crippen molar-refractivity contribution >= 4 is 29.0 Å².